The van der Waals surface area contributed by atoms with E-state index in [1.807, 2.05) is 13.8 Å². The molecule has 0 radical (unpaired) electrons. The van der Waals surface area contributed by atoms with Gasteiger partial charge in [0.25, 0.3) is 5.69 Å². The van der Waals surface area contributed by atoms with Crippen LogP contribution in [0.3, 0.4) is 0 Å². The third-order valence-corrected chi connectivity index (χ3v) is 2.05. The van der Waals surface area contributed by atoms with Gasteiger partial charge in [0, 0.05) is 11.6 Å². The fourth-order valence-corrected chi connectivity index (χ4v) is 1.22. The first-order valence-electron chi connectivity index (χ1n) is 4.97. The van der Waals surface area contributed by atoms with Crippen LogP contribution in [-0.2, 0) is 0 Å². The van der Waals surface area contributed by atoms with Crippen molar-refractivity contribution in [1.82, 2.24) is 0 Å². The summed E-state index contributed by atoms with van der Waals surface area (Å²) >= 11 is 0. The maximum Gasteiger partial charge on any atom is 0.276 e. The number of ether oxygens (including phenoxy) is 1. The van der Waals surface area contributed by atoms with Gasteiger partial charge in [0.2, 0.25) is 0 Å². The molecule has 2 N–H and O–H groups in total. The van der Waals surface area contributed by atoms with Gasteiger partial charge in [0.1, 0.15) is 12.4 Å². The van der Waals surface area contributed by atoms with Gasteiger partial charge in [-0.3, -0.25) is 10.1 Å². The van der Waals surface area contributed by atoms with Gasteiger partial charge in [-0.2, -0.15) is 0 Å². The lowest BCUT2D eigenvalue weighted by Gasteiger charge is -2.19. The number of rotatable bonds is 4. The van der Waals surface area contributed by atoms with E-state index in [2.05, 4.69) is 0 Å². The monoisotopic (exact) mass is 224 g/mol. The second kappa shape index (κ2) is 4.49. The summed E-state index contributed by atoms with van der Waals surface area (Å²) in [7, 11) is 0. The lowest BCUT2D eigenvalue weighted by molar-refractivity contribution is -0.385. The molecule has 0 bridgehead atoms. The normalized spacial score (nSPS) is 11.2. The van der Waals surface area contributed by atoms with E-state index in [4.69, 9.17) is 10.5 Å². The van der Waals surface area contributed by atoms with Gasteiger partial charge in [0.15, 0.2) is 0 Å². The number of benzene rings is 1. The first-order chi connectivity index (χ1) is 7.31. The molecule has 1 aromatic carbocycles. The minimum atomic E-state index is -0.461. The molecule has 0 spiro atoms. The van der Waals surface area contributed by atoms with Gasteiger partial charge in [-0.1, -0.05) is 6.07 Å². The van der Waals surface area contributed by atoms with Crippen molar-refractivity contribution >= 4 is 5.69 Å². The molecule has 1 rings (SSSR count). The van der Waals surface area contributed by atoms with Crippen LogP contribution < -0.4 is 10.5 Å². The SMILES string of the molecule is Cc1c(OCC(C)(C)N)cccc1[N+](=O)[O-]. The van der Waals surface area contributed by atoms with Gasteiger partial charge in [-0.05, 0) is 26.8 Å². The van der Waals surface area contributed by atoms with Crippen LogP contribution in [0.25, 0.3) is 0 Å². The molecule has 1 aromatic rings. The fraction of sp³-hybridized carbons (Fsp3) is 0.455. The highest BCUT2D eigenvalue weighted by atomic mass is 16.6. The summed E-state index contributed by atoms with van der Waals surface area (Å²) in [5, 5.41) is 10.7. The molecule has 0 heterocycles. The molecule has 0 amide bonds. The average molecular weight is 224 g/mol. The Hall–Kier alpha value is -1.62. The number of hydrogen-bond acceptors (Lipinski definition) is 4. The summed E-state index contributed by atoms with van der Waals surface area (Å²) in [5.41, 5.74) is 5.90. The Labute approximate surface area is 94.4 Å². The number of hydrogen-bond donors (Lipinski definition) is 1. The maximum absolute atomic E-state index is 10.7. The summed E-state index contributed by atoms with van der Waals surface area (Å²) in [4.78, 5) is 10.3. The number of nitrogens with zero attached hydrogens (tertiary/aromatic N) is 1. The number of nitrogens with two attached hydrogens (primary N) is 1. The van der Waals surface area contributed by atoms with Gasteiger partial charge < -0.3 is 10.5 Å². The van der Waals surface area contributed by atoms with Gasteiger partial charge in [0.05, 0.1) is 10.5 Å². The summed E-state index contributed by atoms with van der Waals surface area (Å²) in [5.74, 6) is 0.507. The Bertz CT molecular complexity index is 397. The molecule has 0 aliphatic heterocycles. The summed E-state index contributed by atoms with van der Waals surface area (Å²) < 4.78 is 5.46. The maximum atomic E-state index is 10.7. The largest absolute Gasteiger partial charge is 0.491 e. The molecule has 0 unspecified atom stereocenters. The van der Waals surface area contributed by atoms with E-state index in [1.54, 1.807) is 19.1 Å². The number of nitro groups is 1. The highest BCUT2D eigenvalue weighted by Gasteiger charge is 2.16. The zero-order valence-electron chi connectivity index (χ0n) is 9.69. The summed E-state index contributed by atoms with van der Waals surface area (Å²) in [6, 6.07) is 4.76. The van der Waals surface area contributed by atoms with Gasteiger partial charge in [-0.15, -0.1) is 0 Å². The number of nitro benzene ring substituents is 1. The van der Waals surface area contributed by atoms with E-state index in [0.717, 1.165) is 0 Å². The van der Waals surface area contributed by atoms with Crippen molar-refractivity contribution < 1.29 is 9.66 Å². The van der Waals surface area contributed by atoms with Crippen LogP contribution in [0, 0.1) is 17.0 Å². The first-order valence-corrected chi connectivity index (χ1v) is 4.97. The Morgan fingerprint density at radius 2 is 2.12 bits per heavy atom. The molecular weight excluding hydrogens is 208 g/mol. The molecule has 88 valence electrons. The van der Waals surface area contributed by atoms with Crippen LogP contribution >= 0.6 is 0 Å². The van der Waals surface area contributed by atoms with Crippen LogP contribution in [0.15, 0.2) is 18.2 Å². The fourth-order valence-electron chi connectivity index (χ4n) is 1.22. The van der Waals surface area contributed by atoms with Gasteiger partial charge in [-0.25, -0.2) is 0 Å². The smallest absolute Gasteiger partial charge is 0.276 e. The van der Waals surface area contributed by atoms with E-state index < -0.39 is 10.5 Å². The molecule has 0 atom stereocenters. The second-order valence-corrected chi connectivity index (χ2v) is 4.43. The predicted molar refractivity (Wildman–Crippen MR) is 61.6 cm³/mol. The molecule has 0 aliphatic carbocycles. The van der Waals surface area contributed by atoms with E-state index >= 15 is 0 Å². The first kappa shape index (κ1) is 12.4. The molecule has 0 fully saturated rings. The molecule has 16 heavy (non-hydrogen) atoms. The van der Waals surface area contributed by atoms with Crippen molar-refractivity contribution in [2.45, 2.75) is 26.3 Å². The molecule has 0 saturated heterocycles. The minimum absolute atomic E-state index is 0.0623. The third-order valence-electron chi connectivity index (χ3n) is 2.05. The molecule has 0 aromatic heterocycles. The summed E-state index contributed by atoms with van der Waals surface area (Å²) in [6.45, 7) is 5.64. The van der Waals surface area contributed by atoms with Crippen LogP contribution in [0.2, 0.25) is 0 Å². The quantitative estimate of drug-likeness (QED) is 0.626. The third kappa shape index (κ3) is 3.20. The van der Waals surface area contributed by atoms with Crippen molar-refractivity contribution in [2.24, 2.45) is 5.73 Å². The van der Waals surface area contributed by atoms with Crippen LogP contribution in [0.1, 0.15) is 19.4 Å². The molecule has 0 aliphatic rings. The van der Waals surface area contributed by atoms with Crippen molar-refractivity contribution in [3.63, 3.8) is 0 Å². The molecule has 5 heteroatoms. The zero-order valence-corrected chi connectivity index (χ0v) is 9.69. The zero-order chi connectivity index (χ0) is 12.3. The summed E-state index contributed by atoms with van der Waals surface area (Å²) in [6.07, 6.45) is 0. The molecule has 0 saturated carbocycles. The highest BCUT2D eigenvalue weighted by Crippen LogP contribution is 2.27. The Morgan fingerprint density at radius 3 is 2.62 bits per heavy atom. The second-order valence-electron chi connectivity index (χ2n) is 4.43. The Balaban J connectivity index is 2.90. The predicted octanol–water partition coefficient (Wildman–Crippen LogP) is 2.02. The minimum Gasteiger partial charge on any atom is -0.491 e. The highest BCUT2D eigenvalue weighted by molar-refractivity contribution is 5.48. The Morgan fingerprint density at radius 1 is 1.50 bits per heavy atom. The average Bonchev–Trinajstić information content (AvgIpc) is 2.14. The topological polar surface area (TPSA) is 78.4 Å². The molecular formula is C11H16N2O3. The lowest BCUT2D eigenvalue weighted by Crippen LogP contribution is -2.38. The van der Waals surface area contributed by atoms with Crippen molar-refractivity contribution in [3.05, 3.63) is 33.9 Å². The van der Waals surface area contributed by atoms with Crippen molar-refractivity contribution in [3.8, 4) is 5.75 Å². The van der Waals surface area contributed by atoms with Crippen LogP contribution in [0.4, 0.5) is 5.69 Å². The van der Waals surface area contributed by atoms with Gasteiger partial charge >= 0.3 is 0 Å². The van der Waals surface area contributed by atoms with E-state index in [9.17, 15) is 10.1 Å². The van der Waals surface area contributed by atoms with Crippen LogP contribution in [0.5, 0.6) is 5.75 Å². The lowest BCUT2D eigenvalue weighted by atomic mass is 10.1. The van der Waals surface area contributed by atoms with E-state index in [1.165, 1.54) is 6.07 Å². The Kier molecular flexibility index (Phi) is 3.49. The van der Waals surface area contributed by atoms with Crippen molar-refractivity contribution in [1.29, 1.82) is 0 Å². The van der Waals surface area contributed by atoms with E-state index in [-0.39, 0.29) is 5.69 Å². The van der Waals surface area contributed by atoms with E-state index in [0.29, 0.717) is 17.9 Å². The van der Waals surface area contributed by atoms with Crippen molar-refractivity contribution in [2.75, 3.05) is 6.61 Å². The standard InChI is InChI=1S/C11H16N2O3/c1-8-9(13(14)15)5-4-6-10(8)16-7-11(2,3)12/h4-6H,7,12H2,1-3H3. The molecule has 5 nitrogen and oxygen atoms in total. The van der Waals surface area contributed by atoms with Crippen LogP contribution in [-0.4, -0.2) is 17.1 Å².